The average Bonchev–Trinajstić information content (AvgIpc) is 3.32. The van der Waals surface area contributed by atoms with Gasteiger partial charge in [0.25, 0.3) is 0 Å². The van der Waals surface area contributed by atoms with E-state index in [1.54, 1.807) is 22.5 Å². The Morgan fingerprint density at radius 1 is 0.963 bits per heavy atom. The standard InChI is InChI=1S/C19H26N4O3S/c24-19-20-17-4-3-16(11-18(17)21-19)27(25,26)23-7-5-22(6-8-23)12-13-1-2-14-10-15(14)9-13/h3-4,11,13-15H,1-2,5-10,12H2,(H2,20,21,24). The average molecular weight is 391 g/mol. The Kier molecular flexibility index (Phi) is 4.18. The molecule has 0 amide bonds. The zero-order chi connectivity index (χ0) is 18.6. The van der Waals surface area contributed by atoms with E-state index in [1.807, 2.05) is 0 Å². The van der Waals surface area contributed by atoms with Crippen LogP contribution in [-0.4, -0.2) is 60.3 Å². The zero-order valence-corrected chi connectivity index (χ0v) is 16.2. The normalized spacial score (nSPS) is 29.7. The number of hydrogen-bond donors (Lipinski definition) is 2. The quantitative estimate of drug-likeness (QED) is 0.830. The van der Waals surface area contributed by atoms with Crippen LogP contribution in [0.15, 0.2) is 27.9 Å². The Labute approximate surface area is 158 Å². The fourth-order valence-corrected chi connectivity index (χ4v) is 6.40. The van der Waals surface area contributed by atoms with Crippen LogP contribution in [0.5, 0.6) is 0 Å². The third kappa shape index (κ3) is 3.34. The summed E-state index contributed by atoms with van der Waals surface area (Å²) in [5, 5.41) is 0. The zero-order valence-electron chi connectivity index (χ0n) is 15.4. The van der Waals surface area contributed by atoms with Gasteiger partial charge in [0.15, 0.2) is 0 Å². The van der Waals surface area contributed by atoms with Crippen molar-refractivity contribution in [2.24, 2.45) is 17.8 Å². The molecule has 2 heterocycles. The monoisotopic (exact) mass is 390 g/mol. The van der Waals surface area contributed by atoms with E-state index in [1.165, 1.54) is 25.7 Å². The molecule has 2 aliphatic carbocycles. The summed E-state index contributed by atoms with van der Waals surface area (Å²) in [4.78, 5) is 19.3. The molecule has 0 spiro atoms. The third-order valence-electron chi connectivity index (χ3n) is 6.62. The number of nitrogens with zero attached hydrogens (tertiary/aromatic N) is 2. The van der Waals surface area contributed by atoms with Crippen LogP contribution in [0, 0.1) is 17.8 Å². The molecule has 8 heteroatoms. The van der Waals surface area contributed by atoms with Crippen molar-refractivity contribution in [3.05, 3.63) is 28.7 Å². The molecular formula is C19H26N4O3S. The van der Waals surface area contributed by atoms with Crippen LogP contribution in [0.4, 0.5) is 0 Å². The van der Waals surface area contributed by atoms with E-state index < -0.39 is 10.0 Å². The fraction of sp³-hybridized carbons (Fsp3) is 0.632. The number of rotatable bonds is 4. The number of aromatic amines is 2. The molecule has 0 radical (unpaired) electrons. The number of nitrogens with one attached hydrogen (secondary N) is 2. The SMILES string of the molecule is O=c1[nH]c2ccc(S(=O)(=O)N3CCN(CC4CCC5CC5C4)CC3)cc2[nH]1. The van der Waals surface area contributed by atoms with Gasteiger partial charge >= 0.3 is 5.69 Å². The maximum atomic E-state index is 13.0. The van der Waals surface area contributed by atoms with Crippen molar-refractivity contribution in [1.82, 2.24) is 19.2 Å². The number of aromatic nitrogens is 2. The smallest absolute Gasteiger partial charge is 0.306 e. The second kappa shape index (κ2) is 6.46. The maximum absolute atomic E-state index is 13.0. The van der Waals surface area contributed by atoms with Gasteiger partial charge in [-0.05, 0) is 61.6 Å². The molecule has 1 aliphatic heterocycles. The van der Waals surface area contributed by atoms with E-state index in [-0.39, 0.29) is 10.6 Å². The highest BCUT2D eigenvalue weighted by molar-refractivity contribution is 7.89. The number of sulfonamides is 1. The summed E-state index contributed by atoms with van der Waals surface area (Å²) in [6.45, 7) is 3.78. The van der Waals surface area contributed by atoms with E-state index in [9.17, 15) is 13.2 Å². The lowest BCUT2D eigenvalue weighted by molar-refractivity contribution is 0.148. The minimum atomic E-state index is -3.53. The van der Waals surface area contributed by atoms with Crippen molar-refractivity contribution < 1.29 is 8.42 Å². The van der Waals surface area contributed by atoms with E-state index in [2.05, 4.69) is 14.9 Å². The van der Waals surface area contributed by atoms with Crippen molar-refractivity contribution in [1.29, 1.82) is 0 Å². The Hall–Kier alpha value is -1.64. The van der Waals surface area contributed by atoms with E-state index in [4.69, 9.17) is 0 Å². The summed E-state index contributed by atoms with van der Waals surface area (Å²) in [5.41, 5.74) is 0.818. The second-order valence-corrected chi connectivity index (χ2v) is 10.4. The van der Waals surface area contributed by atoms with Gasteiger partial charge in [-0.15, -0.1) is 0 Å². The van der Waals surface area contributed by atoms with E-state index >= 15 is 0 Å². The molecule has 2 aromatic rings. The van der Waals surface area contributed by atoms with Crippen molar-refractivity contribution >= 4 is 21.1 Å². The number of benzene rings is 1. The molecule has 0 bridgehead atoms. The van der Waals surface area contributed by atoms with Crippen LogP contribution in [0.2, 0.25) is 0 Å². The van der Waals surface area contributed by atoms with Crippen molar-refractivity contribution in [2.45, 2.75) is 30.6 Å². The van der Waals surface area contributed by atoms with Gasteiger partial charge in [0.1, 0.15) is 0 Å². The molecule has 1 aromatic carbocycles. The van der Waals surface area contributed by atoms with Crippen LogP contribution >= 0.6 is 0 Å². The van der Waals surface area contributed by atoms with Gasteiger partial charge in [-0.25, -0.2) is 13.2 Å². The Bertz CT molecular complexity index is 1000. The van der Waals surface area contributed by atoms with Gasteiger partial charge in [0.05, 0.1) is 15.9 Å². The Balaban J connectivity index is 1.24. The van der Waals surface area contributed by atoms with Gasteiger partial charge in [-0.3, -0.25) is 0 Å². The van der Waals surface area contributed by atoms with Crippen molar-refractivity contribution in [3.8, 4) is 0 Å². The molecule has 3 aliphatic rings. The Morgan fingerprint density at radius 2 is 1.74 bits per heavy atom. The third-order valence-corrected chi connectivity index (χ3v) is 8.52. The first-order valence-corrected chi connectivity index (χ1v) is 11.4. The predicted molar refractivity (Wildman–Crippen MR) is 103 cm³/mol. The number of fused-ring (bicyclic) bond motifs is 2. The first-order valence-electron chi connectivity index (χ1n) is 9.93. The van der Waals surface area contributed by atoms with Crippen LogP contribution in [0.25, 0.3) is 11.0 Å². The van der Waals surface area contributed by atoms with Gasteiger partial charge in [0, 0.05) is 32.7 Å². The Morgan fingerprint density at radius 3 is 2.52 bits per heavy atom. The summed E-state index contributed by atoms with van der Waals surface area (Å²) >= 11 is 0. The number of piperazine rings is 1. The van der Waals surface area contributed by atoms with Crippen LogP contribution in [-0.2, 0) is 10.0 Å². The highest BCUT2D eigenvalue weighted by Crippen LogP contribution is 2.51. The molecule has 3 fully saturated rings. The minimum absolute atomic E-state index is 0.241. The lowest BCUT2D eigenvalue weighted by Crippen LogP contribution is -2.49. The fourth-order valence-electron chi connectivity index (χ4n) is 4.95. The first kappa shape index (κ1) is 17.5. The molecule has 7 nitrogen and oxygen atoms in total. The predicted octanol–water partition coefficient (Wildman–Crippen LogP) is 1.60. The molecule has 3 unspecified atom stereocenters. The summed E-state index contributed by atoms with van der Waals surface area (Å²) in [7, 11) is -3.53. The highest BCUT2D eigenvalue weighted by atomic mass is 32.2. The highest BCUT2D eigenvalue weighted by Gasteiger charge is 2.42. The maximum Gasteiger partial charge on any atom is 0.323 e. The molecule has 27 heavy (non-hydrogen) atoms. The molecule has 5 rings (SSSR count). The second-order valence-electron chi connectivity index (χ2n) is 8.43. The largest absolute Gasteiger partial charge is 0.323 e. The van der Waals surface area contributed by atoms with E-state index in [0.717, 1.165) is 37.4 Å². The van der Waals surface area contributed by atoms with Gasteiger partial charge in [-0.1, -0.05) is 0 Å². The summed E-state index contributed by atoms with van der Waals surface area (Å²) in [6, 6.07) is 4.76. The van der Waals surface area contributed by atoms with Crippen molar-refractivity contribution in [2.75, 3.05) is 32.7 Å². The molecule has 1 aromatic heterocycles. The van der Waals surface area contributed by atoms with Crippen LogP contribution < -0.4 is 5.69 Å². The van der Waals surface area contributed by atoms with E-state index in [0.29, 0.717) is 24.1 Å². The molecule has 2 N–H and O–H groups in total. The molecular weight excluding hydrogens is 364 g/mol. The van der Waals surface area contributed by atoms with Gasteiger partial charge < -0.3 is 14.9 Å². The lowest BCUT2D eigenvalue weighted by Gasteiger charge is -2.36. The molecule has 3 atom stereocenters. The summed E-state index contributed by atoms with van der Waals surface area (Å²) in [5.74, 6) is 2.81. The first-order chi connectivity index (χ1) is 13.0. The topological polar surface area (TPSA) is 89.3 Å². The summed E-state index contributed by atoms with van der Waals surface area (Å²) < 4.78 is 27.6. The lowest BCUT2D eigenvalue weighted by atomic mass is 9.89. The molecule has 146 valence electrons. The number of hydrogen-bond acceptors (Lipinski definition) is 4. The van der Waals surface area contributed by atoms with Gasteiger partial charge in [0.2, 0.25) is 10.0 Å². The van der Waals surface area contributed by atoms with Crippen molar-refractivity contribution in [3.63, 3.8) is 0 Å². The van der Waals surface area contributed by atoms with Crippen LogP contribution in [0.3, 0.4) is 0 Å². The number of imidazole rings is 1. The number of H-pyrrole nitrogens is 2. The molecule has 2 saturated carbocycles. The summed E-state index contributed by atoms with van der Waals surface area (Å²) in [6.07, 6.45) is 5.55. The van der Waals surface area contributed by atoms with Gasteiger partial charge in [-0.2, -0.15) is 4.31 Å². The van der Waals surface area contributed by atoms with Crippen LogP contribution in [0.1, 0.15) is 25.7 Å². The molecule has 1 saturated heterocycles. The minimum Gasteiger partial charge on any atom is -0.306 e.